The smallest absolute Gasteiger partial charge is 0.264 e. The summed E-state index contributed by atoms with van der Waals surface area (Å²) in [7, 11) is 0. The summed E-state index contributed by atoms with van der Waals surface area (Å²) in [5.74, 6) is 0.0101. The van der Waals surface area contributed by atoms with Crippen molar-refractivity contribution in [1.82, 2.24) is 5.32 Å². The predicted octanol–water partition coefficient (Wildman–Crippen LogP) is 4.21. The molecule has 0 radical (unpaired) electrons. The van der Waals surface area contributed by atoms with Crippen LogP contribution in [0.2, 0.25) is 10.0 Å². The Hall–Kier alpha value is -2.02. The first-order valence-electron chi connectivity index (χ1n) is 7.25. The maximum Gasteiger partial charge on any atom is 0.264 e. The van der Waals surface area contributed by atoms with Crippen molar-refractivity contribution in [3.05, 3.63) is 51.5 Å². The van der Waals surface area contributed by atoms with Crippen molar-refractivity contribution in [2.75, 3.05) is 11.9 Å². The van der Waals surface area contributed by atoms with Gasteiger partial charge in [-0.2, -0.15) is 0 Å². The molecule has 5 nitrogen and oxygen atoms in total. The second-order valence-corrected chi connectivity index (χ2v) is 6.57. The number of ether oxygens (including phenoxy) is 1. The van der Waals surface area contributed by atoms with Crippen molar-refractivity contribution >= 4 is 52.1 Å². The fourth-order valence-electron chi connectivity index (χ4n) is 2.07. The SMILES string of the molecule is Cc1ccc(OCC(=O)NC(=S)Nc2cc(Cl)c(O)c(Cl)c2)c(C)c1. The zero-order valence-corrected chi connectivity index (χ0v) is 15.9. The number of carbonyl (C=O) groups is 1. The highest BCUT2D eigenvalue weighted by molar-refractivity contribution is 7.80. The van der Waals surface area contributed by atoms with Crippen molar-refractivity contribution in [3.63, 3.8) is 0 Å². The average molecular weight is 399 g/mol. The molecule has 1 amide bonds. The Morgan fingerprint density at radius 2 is 1.84 bits per heavy atom. The Labute approximate surface area is 160 Å². The molecule has 0 aliphatic rings. The number of thiocarbonyl (C=S) groups is 1. The summed E-state index contributed by atoms with van der Waals surface area (Å²) >= 11 is 16.7. The van der Waals surface area contributed by atoms with Crippen LogP contribution in [0.4, 0.5) is 5.69 Å². The number of phenols is 1. The van der Waals surface area contributed by atoms with Crippen LogP contribution in [0.5, 0.6) is 11.5 Å². The number of aryl methyl sites for hydroxylation is 2. The third kappa shape index (κ3) is 5.49. The lowest BCUT2D eigenvalue weighted by molar-refractivity contribution is -0.121. The van der Waals surface area contributed by atoms with Crippen LogP contribution in [0, 0.1) is 13.8 Å². The normalized spacial score (nSPS) is 10.2. The molecule has 0 aliphatic carbocycles. The number of aromatic hydroxyl groups is 1. The molecule has 0 fully saturated rings. The van der Waals surface area contributed by atoms with Gasteiger partial charge in [0.2, 0.25) is 0 Å². The largest absolute Gasteiger partial charge is 0.505 e. The highest BCUT2D eigenvalue weighted by Crippen LogP contribution is 2.34. The third-order valence-corrected chi connectivity index (χ3v) is 4.00. The molecular weight excluding hydrogens is 383 g/mol. The molecular formula is C17H16Cl2N2O3S. The zero-order valence-electron chi connectivity index (χ0n) is 13.5. The Kier molecular flexibility index (Phi) is 6.47. The summed E-state index contributed by atoms with van der Waals surface area (Å²) in [4.78, 5) is 11.9. The molecule has 2 rings (SSSR count). The van der Waals surface area contributed by atoms with Gasteiger partial charge >= 0.3 is 0 Å². The van der Waals surface area contributed by atoms with Gasteiger partial charge in [-0.3, -0.25) is 10.1 Å². The molecule has 2 aromatic carbocycles. The summed E-state index contributed by atoms with van der Waals surface area (Å²) in [6.07, 6.45) is 0. The van der Waals surface area contributed by atoms with Crippen LogP contribution in [0.25, 0.3) is 0 Å². The summed E-state index contributed by atoms with van der Waals surface area (Å²) in [5.41, 5.74) is 2.50. The lowest BCUT2D eigenvalue weighted by atomic mass is 10.1. The Morgan fingerprint density at radius 1 is 1.20 bits per heavy atom. The second-order valence-electron chi connectivity index (χ2n) is 5.35. The number of hydrogen-bond acceptors (Lipinski definition) is 4. The van der Waals surface area contributed by atoms with Gasteiger partial charge in [-0.05, 0) is 49.8 Å². The van der Waals surface area contributed by atoms with E-state index in [1.54, 1.807) is 0 Å². The molecule has 0 aromatic heterocycles. The summed E-state index contributed by atoms with van der Waals surface area (Å²) < 4.78 is 5.48. The van der Waals surface area contributed by atoms with Crippen LogP contribution >= 0.6 is 35.4 Å². The van der Waals surface area contributed by atoms with Crippen molar-refractivity contribution in [2.24, 2.45) is 0 Å². The highest BCUT2D eigenvalue weighted by atomic mass is 35.5. The maximum atomic E-state index is 11.9. The van der Waals surface area contributed by atoms with Gasteiger partial charge in [0.15, 0.2) is 17.5 Å². The second kappa shape index (κ2) is 8.38. The number of hydrogen-bond donors (Lipinski definition) is 3. The van der Waals surface area contributed by atoms with E-state index >= 15 is 0 Å². The van der Waals surface area contributed by atoms with Gasteiger partial charge in [-0.15, -0.1) is 0 Å². The zero-order chi connectivity index (χ0) is 18.6. The van der Waals surface area contributed by atoms with Gasteiger partial charge in [0.25, 0.3) is 5.91 Å². The first-order valence-corrected chi connectivity index (χ1v) is 8.41. The minimum atomic E-state index is -0.409. The number of nitrogens with one attached hydrogen (secondary N) is 2. The van der Waals surface area contributed by atoms with Crippen molar-refractivity contribution in [1.29, 1.82) is 0 Å². The van der Waals surface area contributed by atoms with Crippen LogP contribution < -0.4 is 15.4 Å². The van der Waals surface area contributed by atoms with Gasteiger partial charge in [0, 0.05) is 5.69 Å². The topological polar surface area (TPSA) is 70.6 Å². The van der Waals surface area contributed by atoms with Crippen molar-refractivity contribution in [2.45, 2.75) is 13.8 Å². The Morgan fingerprint density at radius 3 is 2.44 bits per heavy atom. The van der Waals surface area contributed by atoms with E-state index in [2.05, 4.69) is 10.6 Å². The van der Waals surface area contributed by atoms with Gasteiger partial charge in [-0.1, -0.05) is 40.9 Å². The van der Waals surface area contributed by atoms with Gasteiger partial charge in [0.05, 0.1) is 10.0 Å². The number of phenolic OH excluding ortho intramolecular Hbond substituents is 1. The van der Waals surface area contributed by atoms with Crippen LogP contribution in [-0.2, 0) is 4.79 Å². The first kappa shape index (κ1) is 19.3. The van der Waals surface area contributed by atoms with E-state index in [4.69, 9.17) is 40.2 Å². The van der Waals surface area contributed by atoms with Crippen LogP contribution in [0.1, 0.15) is 11.1 Å². The van der Waals surface area contributed by atoms with Crippen molar-refractivity contribution < 1.29 is 14.6 Å². The molecule has 3 N–H and O–H groups in total. The quantitative estimate of drug-likeness (QED) is 0.531. The molecule has 25 heavy (non-hydrogen) atoms. The Balaban J connectivity index is 1.89. The number of benzene rings is 2. The monoisotopic (exact) mass is 398 g/mol. The fraction of sp³-hybridized carbons (Fsp3) is 0.176. The summed E-state index contributed by atoms with van der Waals surface area (Å²) in [5, 5.41) is 15.0. The molecule has 0 bridgehead atoms. The van der Waals surface area contributed by atoms with Gasteiger partial charge in [-0.25, -0.2) is 0 Å². The molecule has 0 heterocycles. The van der Waals surface area contributed by atoms with E-state index in [0.29, 0.717) is 11.4 Å². The average Bonchev–Trinajstić information content (AvgIpc) is 2.51. The lowest BCUT2D eigenvalue weighted by Gasteiger charge is -2.12. The van der Waals surface area contributed by atoms with E-state index in [0.717, 1.165) is 11.1 Å². The Bertz CT molecular complexity index is 805. The first-order chi connectivity index (χ1) is 11.8. The highest BCUT2D eigenvalue weighted by Gasteiger charge is 2.10. The maximum absolute atomic E-state index is 11.9. The molecule has 2 aromatic rings. The molecule has 132 valence electrons. The molecule has 0 saturated heterocycles. The standard InChI is InChI=1S/C17H16Cl2N2O3S/c1-9-3-4-14(10(2)5-9)24-8-15(22)21-17(25)20-11-6-12(18)16(23)13(19)7-11/h3-7,23H,8H2,1-2H3,(H2,20,21,22,25). The van der Waals surface area contributed by atoms with Crippen molar-refractivity contribution in [3.8, 4) is 11.5 Å². The van der Waals surface area contributed by atoms with E-state index < -0.39 is 5.91 Å². The minimum absolute atomic E-state index is 0.0621. The number of anilines is 1. The van der Waals surface area contributed by atoms with E-state index in [9.17, 15) is 9.90 Å². The van der Waals surface area contributed by atoms with E-state index in [-0.39, 0.29) is 27.5 Å². The van der Waals surface area contributed by atoms with Crippen LogP contribution in [0.3, 0.4) is 0 Å². The van der Waals surface area contributed by atoms with Crippen LogP contribution in [0.15, 0.2) is 30.3 Å². The van der Waals surface area contributed by atoms with E-state index in [1.807, 2.05) is 32.0 Å². The number of carbonyl (C=O) groups excluding carboxylic acids is 1. The van der Waals surface area contributed by atoms with E-state index in [1.165, 1.54) is 12.1 Å². The lowest BCUT2D eigenvalue weighted by Crippen LogP contribution is -2.37. The molecule has 8 heteroatoms. The van der Waals surface area contributed by atoms with Crippen LogP contribution in [-0.4, -0.2) is 22.7 Å². The molecule has 0 atom stereocenters. The summed E-state index contributed by atoms with van der Waals surface area (Å²) in [6, 6.07) is 8.57. The number of amides is 1. The molecule has 0 unspecified atom stereocenters. The molecule has 0 saturated carbocycles. The van der Waals surface area contributed by atoms with Gasteiger partial charge < -0.3 is 15.2 Å². The third-order valence-electron chi connectivity index (χ3n) is 3.22. The molecule has 0 aliphatic heterocycles. The predicted molar refractivity (Wildman–Crippen MR) is 104 cm³/mol. The fourth-order valence-corrected chi connectivity index (χ4v) is 2.79. The minimum Gasteiger partial charge on any atom is -0.505 e. The summed E-state index contributed by atoms with van der Waals surface area (Å²) in [6.45, 7) is 3.71. The number of halogens is 2. The number of rotatable bonds is 4. The molecule has 0 spiro atoms. The van der Waals surface area contributed by atoms with Gasteiger partial charge in [0.1, 0.15) is 5.75 Å².